The second-order valence-electron chi connectivity index (χ2n) is 4.33. The molecule has 0 aliphatic carbocycles. The summed E-state index contributed by atoms with van der Waals surface area (Å²) in [5, 5.41) is 4.16. The highest BCUT2D eigenvalue weighted by atomic mass is 35.5. The molecule has 20 heavy (non-hydrogen) atoms. The highest BCUT2D eigenvalue weighted by molar-refractivity contribution is 6.16. The summed E-state index contributed by atoms with van der Waals surface area (Å²) < 4.78 is 8.91. The fourth-order valence-electron chi connectivity index (χ4n) is 2.11. The third kappa shape index (κ3) is 2.09. The van der Waals surface area contributed by atoms with E-state index in [4.69, 9.17) is 16.3 Å². The Morgan fingerprint density at radius 1 is 1.35 bits per heavy atom. The van der Waals surface area contributed by atoms with Crippen molar-refractivity contribution in [3.8, 4) is 5.88 Å². The summed E-state index contributed by atoms with van der Waals surface area (Å²) in [5.74, 6) is 1.47. The van der Waals surface area contributed by atoms with Gasteiger partial charge in [0.25, 0.3) is 0 Å². The zero-order valence-corrected chi connectivity index (χ0v) is 11.9. The number of hydrogen-bond donors (Lipinski definition) is 0. The summed E-state index contributed by atoms with van der Waals surface area (Å²) in [7, 11) is 3.44. The van der Waals surface area contributed by atoms with E-state index in [9.17, 15) is 0 Å². The van der Waals surface area contributed by atoms with Gasteiger partial charge in [-0.05, 0) is 0 Å². The maximum Gasteiger partial charge on any atom is 0.245 e. The van der Waals surface area contributed by atoms with Gasteiger partial charge in [-0.15, -0.1) is 11.6 Å². The molecule has 8 heteroatoms. The van der Waals surface area contributed by atoms with Gasteiger partial charge in [-0.1, -0.05) is 0 Å². The molecule has 0 bridgehead atoms. The van der Waals surface area contributed by atoms with Crippen LogP contribution in [0.3, 0.4) is 0 Å². The van der Waals surface area contributed by atoms with Crippen molar-refractivity contribution in [3.63, 3.8) is 0 Å². The standard InChI is InChI=1S/C12H13ClN6O/c1-18-5-8(4-16-18)6-19-9(3-13)17-10-11(19)14-7-15-12(10)20-2/h4-5,7H,3,6H2,1-2H3. The van der Waals surface area contributed by atoms with Gasteiger partial charge in [-0.2, -0.15) is 10.1 Å². The fourth-order valence-corrected chi connectivity index (χ4v) is 2.32. The molecular formula is C12H13ClN6O. The Hall–Kier alpha value is -2.15. The lowest BCUT2D eigenvalue weighted by atomic mass is 10.3. The van der Waals surface area contributed by atoms with Crippen molar-refractivity contribution < 1.29 is 4.74 Å². The maximum absolute atomic E-state index is 5.98. The number of imidazole rings is 1. The molecule has 0 radical (unpaired) electrons. The van der Waals surface area contributed by atoms with Gasteiger partial charge < -0.3 is 9.30 Å². The van der Waals surface area contributed by atoms with Crippen molar-refractivity contribution in [2.75, 3.05) is 7.11 Å². The number of methoxy groups -OCH3 is 1. The van der Waals surface area contributed by atoms with Crippen LogP contribution in [0.2, 0.25) is 0 Å². The third-order valence-corrected chi connectivity index (χ3v) is 3.23. The molecule has 3 heterocycles. The van der Waals surface area contributed by atoms with Gasteiger partial charge in [-0.3, -0.25) is 4.68 Å². The van der Waals surface area contributed by atoms with E-state index in [0.29, 0.717) is 29.5 Å². The van der Waals surface area contributed by atoms with Gasteiger partial charge in [0.05, 0.1) is 25.7 Å². The number of ether oxygens (including phenoxy) is 1. The molecule has 3 rings (SSSR count). The Bertz CT molecular complexity index is 750. The predicted molar refractivity (Wildman–Crippen MR) is 73.7 cm³/mol. The lowest BCUT2D eigenvalue weighted by Crippen LogP contribution is -2.04. The van der Waals surface area contributed by atoms with E-state index in [1.54, 1.807) is 11.8 Å². The van der Waals surface area contributed by atoms with Crippen LogP contribution in [0.1, 0.15) is 11.4 Å². The summed E-state index contributed by atoms with van der Waals surface area (Å²) in [4.78, 5) is 12.8. The molecule has 104 valence electrons. The number of hydrogen-bond acceptors (Lipinski definition) is 5. The first-order valence-electron chi connectivity index (χ1n) is 6.00. The molecule has 3 aromatic rings. The molecule has 0 saturated carbocycles. The maximum atomic E-state index is 5.98. The Labute approximate surface area is 120 Å². The van der Waals surface area contributed by atoms with Crippen LogP contribution >= 0.6 is 11.6 Å². The quantitative estimate of drug-likeness (QED) is 0.679. The second kappa shape index (κ2) is 5.09. The van der Waals surface area contributed by atoms with Crippen molar-refractivity contribution >= 4 is 22.8 Å². The van der Waals surface area contributed by atoms with Crippen molar-refractivity contribution in [3.05, 3.63) is 30.1 Å². The van der Waals surface area contributed by atoms with Crippen LogP contribution in [0, 0.1) is 0 Å². The van der Waals surface area contributed by atoms with E-state index in [1.807, 2.05) is 24.0 Å². The Balaban J connectivity index is 2.13. The number of alkyl halides is 1. The van der Waals surface area contributed by atoms with Crippen molar-refractivity contribution in [1.29, 1.82) is 0 Å². The van der Waals surface area contributed by atoms with Crippen LogP contribution in [-0.2, 0) is 19.5 Å². The molecule has 0 aliphatic rings. The molecule has 0 saturated heterocycles. The number of rotatable bonds is 4. The number of fused-ring (bicyclic) bond motifs is 1. The van der Waals surface area contributed by atoms with Crippen LogP contribution in [0.5, 0.6) is 5.88 Å². The monoisotopic (exact) mass is 292 g/mol. The zero-order chi connectivity index (χ0) is 14.1. The molecule has 3 aromatic heterocycles. The van der Waals surface area contributed by atoms with Gasteiger partial charge in [0.2, 0.25) is 5.88 Å². The van der Waals surface area contributed by atoms with E-state index >= 15 is 0 Å². The number of aryl methyl sites for hydroxylation is 1. The minimum atomic E-state index is 0.291. The van der Waals surface area contributed by atoms with Gasteiger partial charge >= 0.3 is 0 Å². The number of aromatic nitrogens is 6. The van der Waals surface area contributed by atoms with Gasteiger partial charge in [0.1, 0.15) is 12.2 Å². The molecule has 0 spiro atoms. The molecule has 0 N–H and O–H groups in total. The Morgan fingerprint density at radius 2 is 2.20 bits per heavy atom. The van der Waals surface area contributed by atoms with Gasteiger partial charge in [-0.25, -0.2) is 9.97 Å². The molecule has 0 fully saturated rings. The summed E-state index contributed by atoms with van der Waals surface area (Å²) in [6.45, 7) is 0.604. The highest BCUT2D eigenvalue weighted by Crippen LogP contribution is 2.23. The molecule has 0 aromatic carbocycles. The first kappa shape index (κ1) is 12.9. The second-order valence-corrected chi connectivity index (χ2v) is 4.59. The van der Waals surface area contributed by atoms with Crippen LogP contribution < -0.4 is 4.74 Å². The van der Waals surface area contributed by atoms with E-state index in [-0.39, 0.29) is 0 Å². The smallest absolute Gasteiger partial charge is 0.245 e. The zero-order valence-electron chi connectivity index (χ0n) is 11.1. The Kier molecular flexibility index (Phi) is 3.27. The number of halogens is 1. The topological polar surface area (TPSA) is 70.7 Å². The minimum Gasteiger partial charge on any atom is -0.479 e. The van der Waals surface area contributed by atoms with E-state index in [0.717, 1.165) is 11.4 Å². The van der Waals surface area contributed by atoms with E-state index < -0.39 is 0 Å². The molecule has 0 aliphatic heterocycles. The van der Waals surface area contributed by atoms with Gasteiger partial charge in [0, 0.05) is 18.8 Å². The SMILES string of the molecule is COc1ncnc2c1nc(CCl)n2Cc1cnn(C)c1. The first-order chi connectivity index (χ1) is 9.72. The predicted octanol–water partition coefficient (Wildman–Crippen LogP) is 1.36. The summed E-state index contributed by atoms with van der Waals surface area (Å²) in [6, 6.07) is 0. The summed E-state index contributed by atoms with van der Waals surface area (Å²) in [5.41, 5.74) is 2.38. The van der Waals surface area contributed by atoms with E-state index in [2.05, 4.69) is 20.1 Å². The normalized spacial score (nSPS) is 11.2. The molecule has 0 atom stereocenters. The Morgan fingerprint density at radius 3 is 2.85 bits per heavy atom. The average molecular weight is 293 g/mol. The minimum absolute atomic E-state index is 0.291. The third-order valence-electron chi connectivity index (χ3n) is 2.99. The highest BCUT2D eigenvalue weighted by Gasteiger charge is 2.16. The fraction of sp³-hybridized carbons (Fsp3) is 0.333. The molecular weight excluding hydrogens is 280 g/mol. The molecule has 0 amide bonds. The van der Waals surface area contributed by atoms with Crippen LogP contribution in [0.25, 0.3) is 11.2 Å². The van der Waals surface area contributed by atoms with Crippen LogP contribution in [0.15, 0.2) is 18.7 Å². The van der Waals surface area contributed by atoms with Crippen molar-refractivity contribution in [2.24, 2.45) is 7.05 Å². The number of nitrogens with zero attached hydrogens (tertiary/aromatic N) is 6. The van der Waals surface area contributed by atoms with Crippen LogP contribution in [-0.4, -0.2) is 36.4 Å². The molecule has 7 nitrogen and oxygen atoms in total. The summed E-state index contributed by atoms with van der Waals surface area (Å²) in [6.07, 6.45) is 5.21. The van der Waals surface area contributed by atoms with Crippen molar-refractivity contribution in [2.45, 2.75) is 12.4 Å². The van der Waals surface area contributed by atoms with Crippen LogP contribution in [0.4, 0.5) is 0 Å². The van der Waals surface area contributed by atoms with Gasteiger partial charge in [0.15, 0.2) is 11.2 Å². The summed E-state index contributed by atoms with van der Waals surface area (Å²) >= 11 is 5.98. The van der Waals surface area contributed by atoms with E-state index in [1.165, 1.54) is 6.33 Å². The average Bonchev–Trinajstić information content (AvgIpc) is 3.03. The lowest BCUT2D eigenvalue weighted by molar-refractivity contribution is 0.401. The first-order valence-corrected chi connectivity index (χ1v) is 6.54. The lowest BCUT2D eigenvalue weighted by Gasteiger charge is -2.05. The largest absolute Gasteiger partial charge is 0.479 e. The molecule has 0 unspecified atom stereocenters. The van der Waals surface area contributed by atoms with Crippen molar-refractivity contribution in [1.82, 2.24) is 29.3 Å².